The monoisotopic (exact) mass is 353 g/mol. The molecule has 1 aliphatic heterocycles. The largest absolute Gasteiger partial charge is 0.331 e. The molecular formula is C18H19N5OS. The van der Waals surface area contributed by atoms with Gasteiger partial charge in [0.05, 0.1) is 11.7 Å². The number of urea groups is 1. The summed E-state index contributed by atoms with van der Waals surface area (Å²) in [6.07, 6.45) is 4.12. The molecule has 0 saturated carbocycles. The summed E-state index contributed by atoms with van der Waals surface area (Å²) in [5.74, 6) is 0. The Morgan fingerprint density at radius 1 is 1.28 bits per heavy atom. The van der Waals surface area contributed by atoms with Crippen LogP contribution < -0.4 is 5.32 Å². The van der Waals surface area contributed by atoms with E-state index in [1.807, 2.05) is 36.1 Å². The molecule has 3 aromatic rings. The predicted molar refractivity (Wildman–Crippen MR) is 96.7 cm³/mol. The standard InChI is InChI=1S/C18H19N5OS/c1-13(14-2-4-16(5-3-14)23-12-19-11-20-23)21-18(24)22-8-6-17-15(10-22)7-9-25-17/h2-5,7,9,11-13H,6,8,10H2,1H3,(H,21,24). The molecule has 2 aromatic heterocycles. The van der Waals surface area contributed by atoms with Crippen LogP contribution in [0, 0.1) is 0 Å². The van der Waals surface area contributed by atoms with Gasteiger partial charge in [0, 0.05) is 18.0 Å². The van der Waals surface area contributed by atoms with Crippen molar-refractivity contribution in [1.82, 2.24) is 25.0 Å². The van der Waals surface area contributed by atoms with Gasteiger partial charge in [-0.1, -0.05) is 12.1 Å². The number of nitrogens with one attached hydrogen (secondary N) is 1. The van der Waals surface area contributed by atoms with E-state index in [4.69, 9.17) is 0 Å². The molecule has 4 rings (SSSR count). The van der Waals surface area contributed by atoms with E-state index in [1.54, 1.807) is 22.3 Å². The van der Waals surface area contributed by atoms with E-state index >= 15 is 0 Å². The molecule has 1 N–H and O–H groups in total. The van der Waals surface area contributed by atoms with Crippen LogP contribution in [0.1, 0.15) is 29.0 Å². The molecule has 128 valence electrons. The number of aromatic nitrogens is 3. The maximum Gasteiger partial charge on any atom is 0.318 e. The Kier molecular flexibility index (Phi) is 4.23. The van der Waals surface area contributed by atoms with Crippen molar-refractivity contribution in [2.75, 3.05) is 6.54 Å². The molecule has 1 unspecified atom stereocenters. The maximum absolute atomic E-state index is 12.6. The van der Waals surface area contributed by atoms with Crippen LogP contribution in [0.2, 0.25) is 0 Å². The summed E-state index contributed by atoms with van der Waals surface area (Å²) >= 11 is 1.78. The number of nitrogens with zero attached hydrogens (tertiary/aromatic N) is 4. The van der Waals surface area contributed by atoms with Gasteiger partial charge in [-0.05, 0) is 48.1 Å². The summed E-state index contributed by atoms with van der Waals surface area (Å²) in [4.78, 5) is 19.8. The number of thiophene rings is 1. The van der Waals surface area contributed by atoms with Crippen molar-refractivity contribution < 1.29 is 4.79 Å². The van der Waals surface area contributed by atoms with Gasteiger partial charge in [0.25, 0.3) is 0 Å². The highest BCUT2D eigenvalue weighted by Gasteiger charge is 2.22. The second-order valence-corrected chi connectivity index (χ2v) is 7.14. The van der Waals surface area contributed by atoms with Crippen molar-refractivity contribution in [2.45, 2.75) is 25.9 Å². The fourth-order valence-corrected chi connectivity index (χ4v) is 3.93. The Morgan fingerprint density at radius 2 is 2.12 bits per heavy atom. The van der Waals surface area contributed by atoms with Crippen molar-refractivity contribution in [3.05, 3.63) is 64.4 Å². The van der Waals surface area contributed by atoms with E-state index in [1.165, 1.54) is 16.8 Å². The van der Waals surface area contributed by atoms with Gasteiger partial charge in [-0.3, -0.25) is 0 Å². The SMILES string of the molecule is CC(NC(=O)N1CCc2sccc2C1)c1ccc(-n2cncn2)cc1. The predicted octanol–water partition coefficient (Wildman–Crippen LogP) is 3.16. The molecule has 0 bridgehead atoms. The van der Waals surface area contributed by atoms with Gasteiger partial charge < -0.3 is 10.2 Å². The third kappa shape index (κ3) is 3.28. The lowest BCUT2D eigenvalue weighted by Gasteiger charge is -2.28. The molecule has 1 aliphatic rings. The summed E-state index contributed by atoms with van der Waals surface area (Å²) in [5.41, 5.74) is 3.28. The Morgan fingerprint density at radius 3 is 2.88 bits per heavy atom. The van der Waals surface area contributed by atoms with E-state index in [2.05, 4.69) is 26.8 Å². The van der Waals surface area contributed by atoms with Crippen molar-refractivity contribution in [3.8, 4) is 5.69 Å². The van der Waals surface area contributed by atoms with E-state index in [0.717, 1.165) is 24.2 Å². The van der Waals surface area contributed by atoms with Crippen LogP contribution in [0.15, 0.2) is 48.4 Å². The quantitative estimate of drug-likeness (QED) is 0.787. The highest BCUT2D eigenvalue weighted by Crippen LogP contribution is 2.24. The number of fused-ring (bicyclic) bond motifs is 1. The van der Waals surface area contributed by atoms with Crippen molar-refractivity contribution in [1.29, 1.82) is 0 Å². The average molecular weight is 353 g/mol. The zero-order chi connectivity index (χ0) is 17.2. The molecule has 6 nitrogen and oxygen atoms in total. The third-order valence-electron chi connectivity index (χ3n) is 4.51. The second kappa shape index (κ2) is 6.68. The highest BCUT2D eigenvalue weighted by molar-refractivity contribution is 7.10. The van der Waals surface area contributed by atoms with Crippen LogP contribution in [0.4, 0.5) is 4.79 Å². The normalized spacial score (nSPS) is 14.8. The minimum Gasteiger partial charge on any atom is -0.331 e. The number of carbonyl (C=O) groups excluding carboxylic acids is 1. The lowest BCUT2D eigenvalue weighted by Crippen LogP contribution is -2.43. The van der Waals surface area contributed by atoms with E-state index in [-0.39, 0.29) is 12.1 Å². The molecule has 2 amide bonds. The molecule has 0 saturated heterocycles. The number of hydrogen-bond donors (Lipinski definition) is 1. The summed E-state index contributed by atoms with van der Waals surface area (Å²) in [7, 11) is 0. The number of hydrogen-bond acceptors (Lipinski definition) is 4. The van der Waals surface area contributed by atoms with Crippen molar-refractivity contribution in [3.63, 3.8) is 0 Å². The second-order valence-electron chi connectivity index (χ2n) is 6.14. The van der Waals surface area contributed by atoms with Gasteiger partial charge in [-0.25, -0.2) is 14.5 Å². The topological polar surface area (TPSA) is 63.1 Å². The molecule has 7 heteroatoms. The maximum atomic E-state index is 12.6. The van der Waals surface area contributed by atoms with Crippen LogP contribution >= 0.6 is 11.3 Å². The molecule has 0 aliphatic carbocycles. The molecule has 0 spiro atoms. The first kappa shape index (κ1) is 15.8. The van der Waals surface area contributed by atoms with Crippen LogP contribution in [-0.2, 0) is 13.0 Å². The molecular weight excluding hydrogens is 334 g/mol. The molecule has 1 aromatic carbocycles. The van der Waals surface area contributed by atoms with E-state index in [9.17, 15) is 4.79 Å². The van der Waals surface area contributed by atoms with Crippen molar-refractivity contribution >= 4 is 17.4 Å². The Bertz CT molecular complexity index is 856. The van der Waals surface area contributed by atoms with E-state index < -0.39 is 0 Å². The Labute approximate surface area is 150 Å². The van der Waals surface area contributed by atoms with Crippen LogP contribution in [0.3, 0.4) is 0 Å². The first-order chi connectivity index (χ1) is 12.2. The van der Waals surface area contributed by atoms with Gasteiger partial charge in [0.1, 0.15) is 12.7 Å². The minimum atomic E-state index is -0.0545. The minimum absolute atomic E-state index is 0.00953. The molecule has 25 heavy (non-hydrogen) atoms. The fourth-order valence-electron chi connectivity index (χ4n) is 3.04. The van der Waals surface area contributed by atoms with Crippen LogP contribution in [0.5, 0.6) is 0 Å². The lowest BCUT2D eigenvalue weighted by atomic mass is 10.1. The summed E-state index contributed by atoms with van der Waals surface area (Å²) in [5, 5.41) is 9.32. The summed E-state index contributed by atoms with van der Waals surface area (Å²) < 4.78 is 1.71. The van der Waals surface area contributed by atoms with Crippen LogP contribution in [0.25, 0.3) is 5.69 Å². The number of amides is 2. The van der Waals surface area contributed by atoms with Gasteiger partial charge in [-0.15, -0.1) is 11.3 Å². The molecule has 3 heterocycles. The Balaban J connectivity index is 1.40. The fraction of sp³-hybridized carbons (Fsp3) is 0.278. The third-order valence-corrected chi connectivity index (χ3v) is 5.53. The first-order valence-corrected chi connectivity index (χ1v) is 9.14. The van der Waals surface area contributed by atoms with Gasteiger partial charge in [-0.2, -0.15) is 5.10 Å². The average Bonchev–Trinajstić information content (AvgIpc) is 3.32. The zero-order valence-corrected chi connectivity index (χ0v) is 14.7. The summed E-state index contributed by atoms with van der Waals surface area (Å²) in [6, 6.07) is 10.0. The van der Waals surface area contributed by atoms with Crippen molar-refractivity contribution in [2.24, 2.45) is 0 Å². The Hall–Kier alpha value is -2.67. The number of carbonyl (C=O) groups is 1. The smallest absolute Gasteiger partial charge is 0.318 e. The molecule has 0 radical (unpaired) electrons. The zero-order valence-electron chi connectivity index (χ0n) is 13.9. The lowest BCUT2D eigenvalue weighted by molar-refractivity contribution is 0.189. The van der Waals surface area contributed by atoms with Gasteiger partial charge >= 0.3 is 6.03 Å². The highest BCUT2D eigenvalue weighted by atomic mass is 32.1. The van der Waals surface area contributed by atoms with Crippen LogP contribution in [-0.4, -0.2) is 32.2 Å². The van der Waals surface area contributed by atoms with Gasteiger partial charge in [0.15, 0.2) is 0 Å². The molecule has 1 atom stereocenters. The first-order valence-electron chi connectivity index (χ1n) is 8.26. The number of benzene rings is 1. The summed E-state index contributed by atoms with van der Waals surface area (Å²) in [6.45, 7) is 3.47. The molecule has 0 fully saturated rings. The van der Waals surface area contributed by atoms with Gasteiger partial charge in [0.2, 0.25) is 0 Å². The van der Waals surface area contributed by atoms with E-state index in [0.29, 0.717) is 6.54 Å². The number of rotatable bonds is 3.